The average Bonchev–Trinajstić information content (AvgIpc) is 2.30. The summed E-state index contributed by atoms with van der Waals surface area (Å²) in [5, 5.41) is 12.1. The van der Waals surface area contributed by atoms with Crippen LogP contribution in [0.1, 0.15) is 57.8 Å². The lowest BCUT2D eigenvalue weighted by molar-refractivity contribution is -0.397. The van der Waals surface area contributed by atoms with Gasteiger partial charge < -0.3 is 4.79 Å². The molecule has 0 amide bonds. The molecule has 0 aromatic rings. The van der Waals surface area contributed by atoms with Gasteiger partial charge in [0.15, 0.2) is 0 Å². The van der Waals surface area contributed by atoms with Gasteiger partial charge in [-0.05, 0) is 30.9 Å². The quantitative estimate of drug-likeness (QED) is 0.364. The topological polar surface area (TPSA) is 49.4 Å². The van der Waals surface area contributed by atoms with Gasteiger partial charge in [0.1, 0.15) is 6.29 Å². The van der Waals surface area contributed by atoms with Crippen LogP contribution >= 0.6 is 0 Å². The third kappa shape index (κ3) is 6.20. The van der Waals surface area contributed by atoms with Crippen LogP contribution in [-0.2, 0) is 14.8 Å². The first-order valence-electron chi connectivity index (χ1n) is 6.38. The molecule has 0 bridgehead atoms. The summed E-state index contributed by atoms with van der Waals surface area (Å²) in [4.78, 5) is 15.4. The molecule has 4 nitrogen and oxygen atoms in total. The normalized spacial score (nSPS) is 17.9. The fraction of sp³-hybridized carbons (Fsp3) is 0.917. The standard InChI is InChI=1S/C12H22NO3/c14-11-7-2-1-6-10-13(15)16-12-8-4-3-5-9-12/h11-12H,1-10H2. The molecule has 4 heteroatoms. The van der Waals surface area contributed by atoms with Crippen LogP contribution in [0.2, 0.25) is 0 Å². The first kappa shape index (κ1) is 13.6. The van der Waals surface area contributed by atoms with E-state index in [1.807, 2.05) is 0 Å². The summed E-state index contributed by atoms with van der Waals surface area (Å²) in [6, 6.07) is 0. The Morgan fingerprint density at radius 3 is 2.56 bits per heavy atom. The van der Waals surface area contributed by atoms with Crippen molar-refractivity contribution in [3.05, 3.63) is 0 Å². The minimum absolute atomic E-state index is 0.140. The molecule has 0 unspecified atom stereocenters. The van der Waals surface area contributed by atoms with Gasteiger partial charge >= 0.3 is 0 Å². The van der Waals surface area contributed by atoms with Gasteiger partial charge in [-0.1, -0.05) is 30.9 Å². The number of hydrogen-bond acceptors (Lipinski definition) is 3. The summed E-state index contributed by atoms with van der Waals surface area (Å²) in [7, 11) is 0. The number of nitrogens with zero attached hydrogens (tertiary/aromatic N) is 1. The molecule has 1 fully saturated rings. The van der Waals surface area contributed by atoms with Crippen LogP contribution in [0.4, 0.5) is 0 Å². The van der Waals surface area contributed by atoms with Crippen molar-refractivity contribution >= 4 is 6.29 Å². The molecule has 0 aliphatic heterocycles. The second-order valence-corrected chi connectivity index (χ2v) is 4.44. The van der Waals surface area contributed by atoms with Gasteiger partial charge in [0.05, 0.1) is 12.6 Å². The van der Waals surface area contributed by atoms with E-state index in [2.05, 4.69) is 0 Å². The highest BCUT2D eigenvalue weighted by atomic mass is 16.9. The molecular formula is C12H22NO3. The molecule has 1 aliphatic rings. The molecule has 0 spiro atoms. The van der Waals surface area contributed by atoms with Gasteiger partial charge in [0, 0.05) is 6.42 Å². The maximum atomic E-state index is 11.4. The Hall–Kier alpha value is -0.450. The Labute approximate surface area is 97.5 Å². The van der Waals surface area contributed by atoms with Crippen LogP contribution in [0.5, 0.6) is 0 Å². The predicted molar refractivity (Wildman–Crippen MR) is 59.9 cm³/mol. The lowest BCUT2D eigenvalue weighted by Gasteiger charge is -2.24. The Morgan fingerprint density at radius 2 is 1.88 bits per heavy atom. The molecule has 1 radical (unpaired) electrons. The van der Waals surface area contributed by atoms with Crippen molar-refractivity contribution in [3.63, 3.8) is 0 Å². The van der Waals surface area contributed by atoms with E-state index in [0.717, 1.165) is 43.6 Å². The Balaban J connectivity index is 1.96. The zero-order valence-corrected chi connectivity index (χ0v) is 9.90. The minimum Gasteiger partial charge on any atom is -0.303 e. The predicted octanol–water partition coefficient (Wildman–Crippen LogP) is 2.66. The molecule has 93 valence electrons. The van der Waals surface area contributed by atoms with Gasteiger partial charge in [-0.2, -0.15) is 0 Å². The first-order valence-corrected chi connectivity index (χ1v) is 6.38. The summed E-state index contributed by atoms with van der Waals surface area (Å²) in [6.45, 7) is 0.426. The van der Waals surface area contributed by atoms with Crippen molar-refractivity contribution in [1.29, 1.82) is 0 Å². The highest BCUT2D eigenvalue weighted by Crippen LogP contribution is 2.20. The highest BCUT2D eigenvalue weighted by molar-refractivity contribution is 5.48. The van der Waals surface area contributed by atoms with Crippen molar-refractivity contribution in [2.24, 2.45) is 0 Å². The number of unbranched alkanes of at least 4 members (excludes halogenated alkanes) is 3. The van der Waals surface area contributed by atoms with Crippen LogP contribution in [0, 0.1) is 0 Å². The summed E-state index contributed by atoms with van der Waals surface area (Å²) >= 11 is 0. The molecule has 0 saturated heterocycles. The third-order valence-electron chi connectivity index (χ3n) is 2.98. The molecule has 0 atom stereocenters. The Morgan fingerprint density at radius 1 is 1.12 bits per heavy atom. The fourth-order valence-corrected chi connectivity index (χ4v) is 2.03. The number of carbonyl (C=O) groups excluding carboxylic acids is 1. The largest absolute Gasteiger partial charge is 0.303 e. The van der Waals surface area contributed by atoms with Gasteiger partial charge in [-0.25, -0.2) is 0 Å². The van der Waals surface area contributed by atoms with E-state index >= 15 is 0 Å². The zero-order valence-electron chi connectivity index (χ0n) is 9.90. The SMILES string of the molecule is [O]N(CCCCCC=O)OC1CCCCC1. The van der Waals surface area contributed by atoms with E-state index < -0.39 is 0 Å². The lowest BCUT2D eigenvalue weighted by Crippen LogP contribution is -2.28. The number of aldehydes is 1. The van der Waals surface area contributed by atoms with E-state index in [0.29, 0.717) is 13.0 Å². The summed E-state index contributed by atoms with van der Waals surface area (Å²) in [5.41, 5.74) is 0. The van der Waals surface area contributed by atoms with Gasteiger partial charge in [-0.3, -0.25) is 4.84 Å². The molecule has 0 N–H and O–H groups in total. The molecular weight excluding hydrogens is 206 g/mol. The number of hydroxylamine groups is 2. The molecule has 16 heavy (non-hydrogen) atoms. The monoisotopic (exact) mass is 228 g/mol. The zero-order chi connectivity index (χ0) is 11.6. The first-order chi connectivity index (χ1) is 7.83. The summed E-state index contributed by atoms with van der Waals surface area (Å²) in [5.74, 6) is 0. The van der Waals surface area contributed by atoms with Crippen molar-refractivity contribution in [2.45, 2.75) is 63.9 Å². The molecule has 0 aromatic heterocycles. The molecule has 1 aliphatic carbocycles. The summed E-state index contributed by atoms with van der Waals surface area (Å²) in [6.07, 6.45) is 9.93. The second kappa shape index (κ2) is 8.67. The van der Waals surface area contributed by atoms with Crippen molar-refractivity contribution in [2.75, 3.05) is 6.54 Å². The molecule has 0 aromatic carbocycles. The fourth-order valence-electron chi connectivity index (χ4n) is 2.03. The molecule has 0 heterocycles. The maximum absolute atomic E-state index is 11.4. The van der Waals surface area contributed by atoms with Gasteiger partial charge in [-0.15, -0.1) is 0 Å². The van der Waals surface area contributed by atoms with E-state index in [-0.39, 0.29) is 6.10 Å². The Bertz CT molecular complexity index is 181. The van der Waals surface area contributed by atoms with Crippen molar-refractivity contribution in [3.8, 4) is 0 Å². The van der Waals surface area contributed by atoms with Crippen LogP contribution in [0.15, 0.2) is 0 Å². The maximum Gasteiger partial charge on any atom is 0.119 e. The van der Waals surface area contributed by atoms with Crippen LogP contribution in [0.25, 0.3) is 0 Å². The van der Waals surface area contributed by atoms with E-state index in [1.165, 1.54) is 19.3 Å². The van der Waals surface area contributed by atoms with Crippen LogP contribution in [-0.4, -0.2) is 24.2 Å². The highest BCUT2D eigenvalue weighted by Gasteiger charge is 2.17. The minimum atomic E-state index is 0.140. The van der Waals surface area contributed by atoms with Crippen LogP contribution in [0.3, 0.4) is 0 Å². The van der Waals surface area contributed by atoms with E-state index in [1.54, 1.807) is 0 Å². The lowest BCUT2D eigenvalue weighted by atomic mass is 9.98. The van der Waals surface area contributed by atoms with Gasteiger partial charge in [0.2, 0.25) is 0 Å². The van der Waals surface area contributed by atoms with E-state index in [9.17, 15) is 10.0 Å². The van der Waals surface area contributed by atoms with Crippen LogP contribution < -0.4 is 0 Å². The van der Waals surface area contributed by atoms with Crippen molar-refractivity contribution < 1.29 is 14.8 Å². The second-order valence-electron chi connectivity index (χ2n) is 4.44. The molecule has 1 rings (SSSR count). The summed E-state index contributed by atoms with van der Waals surface area (Å²) < 4.78 is 0. The van der Waals surface area contributed by atoms with E-state index in [4.69, 9.17) is 4.84 Å². The molecule has 1 saturated carbocycles. The van der Waals surface area contributed by atoms with Gasteiger partial charge in [0.25, 0.3) is 0 Å². The smallest absolute Gasteiger partial charge is 0.119 e. The third-order valence-corrected chi connectivity index (χ3v) is 2.98. The Kier molecular flexibility index (Phi) is 7.38. The van der Waals surface area contributed by atoms with Crippen molar-refractivity contribution in [1.82, 2.24) is 5.23 Å². The number of carbonyl (C=O) groups is 1. The number of rotatable bonds is 8. The number of hydrogen-bond donors (Lipinski definition) is 0. The average molecular weight is 228 g/mol.